The molecule has 0 bridgehead atoms. The zero-order valence-corrected chi connectivity index (χ0v) is 15.7. The lowest BCUT2D eigenvalue weighted by atomic mass is 10.1. The first-order valence-electron chi connectivity index (χ1n) is 9.16. The number of hydrogen-bond donors (Lipinski definition) is 2. The van der Waals surface area contributed by atoms with Gasteiger partial charge in [-0.05, 0) is 17.7 Å². The first kappa shape index (κ1) is 19.3. The van der Waals surface area contributed by atoms with Crippen molar-refractivity contribution in [3.63, 3.8) is 0 Å². The van der Waals surface area contributed by atoms with Crippen LogP contribution < -0.4 is 11.1 Å². The minimum atomic E-state index is -1.09. The number of halogens is 2. The number of para-hydroxylation sites is 1. The zero-order valence-electron chi connectivity index (χ0n) is 15.7. The van der Waals surface area contributed by atoms with Gasteiger partial charge in [0.2, 0.25) is 0 Å². The lowest BCUT2D eigenvalue weighted by Crippen LogP contribution is -2.17. The van der Waals surface area contributed by atoms with Crippen molar-refractivity contribution in [2.24, 2.45) is 5.73 Å². The zero-order chi connectivity index (χ0) is 21.3. The summed E-state index contributed by atoms with van der Waals surface area (Å²) in [5.74, 6) is -3.72. The molecule has 0 atom stereocenters. The quantitative estimate of drug-likeness (QED) is 0.519. The van der Waals surface area contributed by atoms with Crippen LogP contribution >= 0.6 is 0 Å². The molecule has 2 amide bonds. The van der Waals surface area contributed by atoms with Crippen molar-refractivity contribution in [3.8, 4) is 0 Å². The molecule has 0 aliphatic rings. The van der Waals surface area contributed by atoms with Crippen LogP contribution in [0.3, 0.4) is 0 Å². The van der Waals surface area contributed by atoms with Gasteiger partial charge in [-0.2, -0.15) is 0 Å². The maximum absolute atomic E-state index is 14.2. The van der Waals surface area contributed by atoms with Gasteiger partial charge in [-0.15, -0.1) is 0 Å². The number of hydrogen-bond acceptors (Lipinski definition) is 2. The second-order valence-corrected chi connectivity index (χ2v) is 6.80. The smallest absolute Gasteiger partial charge is 0.257 e. The molecule has 0 aliphatic heterocycles. The van der Waals surface area contributed by atoms with Gasteiger partial charge in [0, 0.05) is 29.7 Å². The van der Waals surface area contributed by atoms with E-state index in [4.69, 9.17) is 5.73 Å². The molecule has 1 heterocycles. The monoisotopic (exact) mass is 405 g/mol. The Labute approximate surface area is 170 Å². The molecule has 0 radical (unpaired) electrons. The van der Waals surface area contributed by atoms with Crippen LogP contribution in [0.5, 0.6) is 0 Å². The largest absolute Gasteiger partial charge is 0.366 e. The van der Waals surface area contributed by atoms with Crippen LogP contribution in [0.2, 0.25) is 0 Å². The van der Waals surface area contributed by atoms with E-state index >= 15 is 0 Å². The highest BCUT2D eigenvalue weighted by atomic mass is 19.1. The number of anilines is 1. The third-order valence-electron chi connectivity index (χ3n) is 4.80. The predicted molar refractivity (Wildman–Crippen MR) is 110 cm³/mol. The summed E-state index contributed by atoms with van der Waals surface area (Å²) in [7, 11) is 0. The van der Waals surface area contributed by atoms with E-state index in [0.717, 1.165) is 17.1 Å². The van der Waals surface area contributed by atoms with Gasteiger partial charge in [-0.1, -0.05) is 48.5 Å². The number of nitrogens with two attached hydrogens (primary N) is 1. The van der Waals surface area contributed by atoms with Crippen LogP contribution in [0.1, 0.15) is 26.3 Å². The molecule has 3 aromatic carbocycles. The maximum Gasteiger partial charge on any atom is 0.257 e. The highest BCUT2D eigenvalue weighted by Gasteiger charge is 2.19. The van der Waals surface area contributed by atoms with Gasteiger partial charge in [0.1, 0.15) is 11.6 Å². The molecular formula is C23H17F2N3O2. The molecule has 0 fully saturated rings. The van der Waals surface area contributed by atoms with E-state index in [-0.39, 0.29) is 5.69 Å². The third kappa shape index (κ3) is 3.65. The van der Waals surface area contributed by atoms with Crippen LogP contribution in [-0.4, -0.2) is 16.4 Å². The van der Waals surface area contributed by atoms with Gasteiger partial charge in [0.05, 0.1) is 16.8 Å². The van der Waals surface area contributed by atoms with Gasteiger partial charge in [0.15, 0.2) is 0 Å². The minimum absolute atomic E-state index is 0.324. The normalized spacial score (nSPS) is 10.9. The van der Waals surface area contributed by atoms with Gasteiger partial charge in [-0.25, -0.2) is 8.78 Å². The van der Waals surface area contributed by atoms with Gasteiger partial charge in [-0.3, -0.25) is 9.59 Å². The van der Waals surface area contributed by atoms with Crippen molar-refractivity contribution in [2.45, 2.75) is 6.54 Å². The van der Waals surface area contributed by atoms with Gasteiger partial charge >= 0.3 is 0 Å². The van der Waals surface area contributed by atoms with E-state index in [1.165, 1.54) is 0 Å². The van der Waals surface area contributed by atoms with E-state index in [2.05, 4.69) is 5.32 Å². The van der Waals surface area contributed by atoms with Crippen molar-refractivity contribution < 1.29 is 18.4 Å². The summed E-state index contributed by atoms with van der Waals surface area (Å²) in [6, 6.07) is 18.5. The molecule has 30 heavy (non-hydrogen) atoms. The number of fused-ring (bicyclic) bond motifs is 1. The number of carbonyl (C=O) groups excluding carboxylic acids is 2. The number of aromatic nitrogens is 1. The Kier molecular flexibility index (Phi) is 5.02. The average Bonchev–Trinajstić information content (AvgIpc) is 3.09. The van der Waals surface area contributed by atoms with Crippen molar-refractivity contribution in [1.29, 1.82) is 0 Å². The molecular weight excluding hydrogens is 388 g/mol. The number of rotatable bonds is 5. The first-order valence-corrected chi connectivity index (χ1v) is 9.16. The Balaban J connectivity index is 1.71. The number of primary amides is 1. The fourth-order valence-electron chi connectivity index (χ4n) is 3.36. The molecule has 150 valence electrons. The summed E-state index contributed by atoms with van der Waals surface area (Å²) in [6.45, 7) is 0.547. The maximum atomic E-state index is 14.2. The number of benzene rings is 3. The summed E-state index contributed by atoms with van der Waals surface area (Å²) < 4.78 is 29.8. The molecule has 0 aliphatic carbocycles. The van der Waals surface area contributed by atoms with Crippen LogP contribution in [-0.2, 0) is 6.54 Å². The summed E-state index contributed by atoms with van der Waals surface area (Å²) in [5.41, 5.74) is 6.50. The van der Waals surface area contributed by atoms with E-state index < -0.39 is 29.0 Å². The number of nitrogens with zero attached hydrogens (tertiary/aromatic N) is 1. The molecule has 0 unspecified atom stereocenters. The third-order valence-corrected chi connectivity index (χ3v) is 4.80. The fraction of sp³-hybridized carbons (Fsp3) is 0.0435. The number of carbonyl (C=O) groups is 2. The van der Waals surface area contributed by atoms with E-state index in [1.54, 1.807) is 18.3 Å². The topological polar surface area (TPSA) is 77.1 Å². The Morgan fingerprint density at radius 3 is 2.33 bits per heavy atom. The summed E-state index contributed by atoms with van der Waals surface area (Å²) >= 11 is 0. The standard InChI is InChI=1S/C23H17F2N3O2/c24-18-11-19(25)20(10-16(18)22(26)29)27-23(30)17-13-28(12-14-6-2-1-3-7-14)21-9-5-4-8-15(17)21/h1-11,13H,12H2,(H2,26,29)(H,27,30). The molecule has 0 spiro atoms. The van der Waals surface area contributed by atoms with Crippen molar-refractivity contribution in [2.75, 3.05) is 5.32 Å². The summed E-state index contributed by atoms with van der Waals surface area (Å²) in [5, 5.41) is 3.10. The number of amides is 2. The predicted octanol–water partition coefficient (Wildman–Crippen LogP) is 4.32. The SMILES string of the molecule is NC(=O)c1cc(NC(=O)c2cn(Cc3ccccc3)c3ccccc23)c(F)cc1F. The minimum Gasteiger partial charge on any atom is -0.366 e. The second-order valence-electron chi connectivity index (χ2n) is 6.80. The second kappa shape index (κ2) is 7.79. The van der Waals surface area contributed by atoms with E-state index in [1.807, 2.05) is 47.0 Å². The Hall–Kier alpha value is -4.00. The molecule has 5 nitrogen and oxygen atoms in total. The lowest BCUT2D eigenvalue weighted by molar-refractivity contribution is 0.0992. The first-order chi connectivity index (χ1) is 14.4. The van der Waals surface area contributed by atoms with Crippen molar-refractivity contribution >= 4 is 28.4 Å². The highest BCUT2D eigenvalue weighted by molar-refractivity contribution is 6.13. The fourth-order valence-corrected chi connectivity index (χ4v) is 3.36. The van der Waals surface area contributed by atoms with Crippen LogP contribution in [0.4, 0.5) is 14.5 Å². The molecule has 1 aromatic heterocycles. The Morgan fingerprint density at radius 1 is 0.900 bits per heavy atom. The highest BCUT2D eigenvalue weighted by Crippen LogP contribution is 2.25. The average molecular weight is 405 g/mol. The van der Waals surface area contributed by atoms with E-state index in [9.17, 15) is 18.4 Å². The Bertz CT molecular complexity index is 1270. The summed E-state index contributed by atoms with van der Waals surface area (Å²) in [4.78, 5) is 24.2. The van der Waals surface area contributed by atoms with E-state index in [0.29, 0.717) is 23.6 Å². The molecule has 0 saturated carbocycles. The van der Waals surface area contributed by atoms with Crippen LogP contribution in [0.25, 0.3) is 10.9 Å². The lowest BCUT2D eigenvalue weighted by Gasteiger charge is -2.08. The molecule has 4 aromatic rings. The molecule has 3 N–H and O–H groups in total. The summed E-state index contributed by atoms with van der Waals surface area (Å²) in [6.07, 6.45) is 1.68. The van der Waals surface area contributed by atoms with Crippen molar-refractivity contribution in [3.05, 3.63) is 101 Å². The molecule has 0 saturated heterocycles. The van der Waals surface area contributed by atoms with Crippen LogP contribution in [0.15, 0.2) is 72.9 Å². The van der Waals surface area contributed by atoms with Gasteiger partial charge < -0.3 is 15.6 Å². The van der Waals surface area contributed by atoms with Crippen molar-refractivity contribution in [1.82, 2.24) is 4.57 Å². The van der Waals surface area contributed by atoms with Gasteiger partial charge in [0.25, 0.3) is 11.8 Å². The molecule has 4 rings (SSSR count). The molecule has 7 heteroatoms. The number of nitrogens with one attached hydrogen (secondary N) is 1. The van der Waals surface area contributed by atoms with Crippen LogP contribution in [0, 0.1) is 11.6 Å². The Morgan fingerprint density at radius 2 is 1.60 bits per heavy atom.